The van der Waals surface area contributed by atoms with Crippen LogP contribution in [0.2, 0.25) is 0 Å². The van der Waals surface area contributed by atoms with Crippen LogP contribution in [0.3, 0.4) is 0 Å². The summed E-state index contributed by atoms with van der Waals surface area (Å²) in [5, 5.41) is 11.2. The van der Waals surface area contributed by atoms with Crippen molar-refractivity contribution >= 4 is 0 Å². The molecule has 1 aliphatic heterocycles. The molecule has 0 unspecified atom stereocenters. The third-order valence-electron chi connectivity index (χ3n) is 4.47. The Morgan fingerprint density at radius 3 is 3.04 bits per heavy atom. The fourth-order valence-electron chi connectivity index (χ4n) is 3.30. The van der Waals surface area contributed by atoms with Gasteiger partial charge >= 0.3 is 0 Å². The van der Waals surface area contributed by atoms with E-state index in [2.05, 4.69) is 25.2 Å². The predicted octanol–water partition coefficient (Wildman–Crippen LogP) is 2.51. The lowest BCUT2D eigenvalue weighted by Gasteiger charge is -2.31. The minimum absolute atomic E-state index is 0.268. The molecule has 0 aliphatic carbocycles. The van der Waals surface area contributed by atoms with Gasteiger partial charge in [0.15, 0.2) is 0 Å². The van der Waals surface area contributed by atoms with E-state index in [1.165, 1.54) is 6.07 Å². The second-order valence-corrected chi connectivity index (χ2v) is 6.19. The van der Waals surface area contributed by atoms with Crippen LogP contribution in [0, 0.1) is 5.82 Å². The summed E-state index contributed by atoms with van der Waals surface area (Å²) in [6.45, 7) is 2.80. The maximum Gasteiger partial charge on any atom is 0.148 e. The average Bonchev–Trinajstić information content (AvgIpc) is 3.27. The number of aromatic amines is 1. The van der Waals surface area contributed by atoms with Crippen molar-refractivity contribution < 1.29 is 4.39 Å². The monoisotopic (exact) mass is 326 g/mol. The van der Waals surface area contributed by atoms with Crippen molar-refractivity contribution in [1.29, 1.82) is 0 Å². The molecule has 1 aromatic carbocycles. The van der Waals surface area contributed by atoms with E-state index < -0.39 is 0 Å². The number of halogens is 1. The quantitative estimate of drug-likeness (QED) is 0.800. The van der Waals surface area contributed by atoms with Crippen LogP contribution in [-0.4, -0.2) is 43.0 Å². The molecular formula is C17H19FN6. The Morgan fingerprint density at radius 1 is 1.29 bits per heavy atom. The summed E-state index contributed by atoms with van der Waals surface area (Å²) in [7, 11) is 0. The number of H-pyrrole nitrogens is 1. The van der Waals surface area contributed by atoms with Crippen LogP contribution in [0.1, 0.15) is 30.1 Å². The third kappa shape index (κ3) is 3.07. The summed E-state index contributed by atoms with van der Waals surface area (Å²) < 4.78 is 15.5. The highest BCUT2D eigenvalue weighted by atomic mass is 19.1. The lowest BCUT2D eigenvalue weighted by Crippen LogP contribution is -2.34. The first-order chi connectivity index (χ1) is 11.8. The lowest BCUT2D eigenvalue weighted by atomic mass is 9.97. The summed E-state index contributed by atoms with van der Waals surface area (Å²) in [6.07, 6.45) is 7.53. The van der Waals surface area contributed by atoms with E-state index in [4.69, 9.17) is 0 Å². The van der Waals surface area contributed by atoms with Crippen LogP contribution < -0.4 is 0 Å². The van der Waals surface area contributed by atoms with Crippen molar-refractivity contribution in [1.82, 2.24) is 29.9 Å². The molecule has 24 heavy (non-hydrogen) atoms. The molecule has 1 N–H and O–H groups in total. The zero-order chi connectivity index (χ0) is 16.4. The van der Waals surface area contributed by atoms with Crippen molar-refractivity contribution in [2.75, 3.05) is 13.1 Å². The first kappa shape index (κ1) is 15.0. The van der Waals surface area contributed by atoms with Crippen molar-refractivity contribution in [3.05, 3.63) is 60.2 Å². The molecule has 0 radical (unpaired) electrons. The first-order valence-corrected chi connectivity index (χ1v) is 8.15. The van der Waals surface area contributed by atoms with Crippen LogP contribution in [0.15, 0.2) is 43.0 Å². The zero-order valence-electron chi connectivity index (χ0n) is 13.3. The van der Waals surface area contributed by atoms with Gasteiger partial charge in [0.25, 0.3) is 0 Å². The van der Waals surface area contributed by atoms with Gasteiger partial charge in [-0.05, 0) is 31.5 Å². The SMILES string of the molecule is Fc1ccccc1-n1cc(CN2CCC[C@H](c3ncn[nH]3)C2)cn1. The van der Waals surface area contributed by atoms with Gasteiger partial charge in [0.1, 0.15) is 23.7 Å². The number of aromatic nitrogens is 5. The number of nitrogens with one attached hydrogen (secondary N) is 1. The van der Waals surface area contributed by atoms with Gasteiger partial charge in [-0.1, -0.05) is 12.1 Å². The first-order valence-electron chi connectivity index (χ1n) is 8.15. The standard InChI is InChI=1S/C17H19FN6/c18-15-5-1-2-6-16(15)24-10-13(8-21-24)9-23-7-3-4-14(11-23)17-19-12-20-22-17/h1-2,5-6,8,10,12,14H,3-4,7,9,11H2,(H,19,20,22)/t14-/m0/s1. The highest BCUT2D eigenvalue weighted by molar-refractivity contribution is 5.32. The Bertz CT molecular complexity index is 797. The molecule has 0 spiro atoms. The van der Waals surface area contributed by atoms with E-state index in [-0.39, 0.29) is 5.82 Å². The Morgan fingerprint density at radius 2 is 2.21 bits per heavy atom. The van der Waals surface area contributed by atoms with Gasteiger partial charge in [-0.25, -0.2) is 14.1 Å². The van der Waals surface area contributed by atoms with Crippen LogP contribution in [0.5, 0.6) is 0 Å². The molecule has 1 aliphatic rings. The Labute approximate surface area is 139 Å². The maximum atomic E-state index is 13.9. The Kier molecular flexibility index (Phi) is 4.08. The molecule has 2 aromatic heterocycles. The van der Waals surface area contributed by atoms with Crippen molar-refractivity contribution in [2.24, 2.45) is 0 Å². The number of para-hydroxylation sites is 1. The largest absolute Gasteiger partial charge is 0.298 e. The molecule has 1 atom stereocenters. The fraction of sp³-hybridized carbons (Fsp3) is 0.353. The summed E-state index contributed by atoms with van der Waals surface area (Å²) in [5.74, 6) is 1.08. The molecule has 6 nitrogen and oxygen atoms in total. The second-order valence-electron chi connectivity index (χ2n) is 6.19. The molecule has 0 bridgehead atoms. The highest BCUT2D eigenvalue weighted by Gasteiger charge is 2.23. The Hall–Kier alpha value is -2.54. The fourth-order valence-corrected chi connectivity index (χ4v) is 3.30. The van der Waals surface area contributed by atoms with Crippen molar-refractivity contribution in [3.63, 3.8) is 0 Å². The molecule has 124 valence electrons. The summed E-state index contributed by atoms with van der Waals surface area (Å²) >= 11 is 0. The number of hydrogen-bond donors (Lipinski definition) is 1. The van der Waals surface area contributed by atoms with E-state index in [9.17, 15) is 4.39 Å². The average molecular weight is 326 g/mol. The van der Waals surface area contributed by atoms with Gasteiger partial charge in [0.05, 0.1) is 6.20 Å². The molecule has 1 fully saturated rings. The van der Waals surface area contributed by atoms with Crippen LogP contribution in [-0.2, 0) is 6.54 Å². The van der Waals surface area contributed by atoms with Crippen LogP contribution in [0.25, 0.3) is 5.69 Å². The lowest BCUT2D eigenvalue weighted by molar-refractivity contribution is 0.196. The van der Waals surface area contributed by atoms with Gasteiger partial charge in [-0.2, -0.15) is 10.2 Å². The van der Waals surface area contributed by atoms with Gasteiger partial charge in [0.2, 0.25) is 0 Å². The van der Waals surface area contributed by atoms with Crippen molar-refractivity contribution in [3.8, 4) is 5.69 Å². The molecule has 3 heterocycles. The number of rotatable bonds is 4. The van der Waals surface area contributed by atoms with E-state index in [1.54, 1.807) is 23.1 Å². The normalized spacial score (nSPS) is 18.8. The molecular weight excluding hydrogens is 307 g/mol. The van der Waals surface area contributed by atoms with E-state index in [0.717, 1.165) is 43.9 Å². The third-order valence-corrected chi connectivity index (χ3v) is 4.47. The molecule has 4 rings (SSSR count). The number of piperidine rings is 1. The summed E-state index contributed by atoms with van der Waals surface area (Å²) in [6, 6.07) is 6.67. The Balaban J connectivity index is 1.45. The maximum absolute atomic E-state index is 13.9. The van der Waals surface area contributed by atoms with Gasteiger partial charge in [0, 0.05) is 30.8 Å². The van der Waals surface area contributed by atoms with Crippen LogP contribution >= 0.6 is 0 Å². The van der Waals surface area contributed by atoms with Gasteiger partial charge in [-0.15, -0.1) is 0 Å². The highest BCUT2D eigenvalue weighted by Crippen LogP contribution is 2.25. The predicted molar refractivity (Wildman–Crippen MR) is 87.2 cm³/mol. The summed E-state index contributed by atoms with van der Waals surface area (Å²) in [5.41, 5.74) is 1.55. The summed E-state index contributed by atoms with van der Waals surface area (Å²) in [4.78, 5) is 6.67. The second kappa shape index (κ2) is 6.52. The van der Waals surface area contributed by atoms with Gasteiger partial charge < -0.3 is 0 Å². The number of likely N-dealkylation sites (tertiary alicyclic amines) is 1. The van der Waals surface area contributed by atoms with Crippen molar-refractivity contribution in [2.45, 2.75) is 25.3 Å². The van der Waals surface area contributed by atoms with Gasteiger partial charge in [-0.3, -0.25) is 10.00 Å². The smallest absolute Gasteiger partial charge is 0.148 e. The zero-order valence-corrected chi connectivity index (χ0v) is 13.3. The molecule has 3 aromatic rings. The minimum atomic E-state index is -0.268. The van der Waals surface area contributed by atoms with E-state index >= 15 is 0 Å². The topological polar surface area (TPSA) is 62.6 Å². The molecule has 7 heteroatoms. The number of benzene rings is 1. The van der Waals surface area contributed by atoms with Crippen LogP contribution in [0.4, 0.5) is 4.39 Å². The molecule has 0 saturated carbocycles. The van der Waals surface area contributed by atoms with E-state index in [1.807, 2.05) is 18.5 Å². The van der Waals surface area contributed by atoms with E-state index in [0.29, 0.717) is 11.6 Å². The number of nitrogens with zero attached hydrogens (tertiary/aromatic N) is 5. The molecule has 0 amide bonds. The molecule has 1 saturated heterocycles. The minimum Gasteiger partial charge on any atom is -0.298 e. The number of hydrogen-bond acceptors (Lipinski definition) is 4.